The van der Waals surface area contributed by atoms with E-state index in [1.54, 1.807) is 24.3 Å². The topological polar surface area (TPSA) is 62.7 Å². The van der Waals surface area contributed by atoms with Crippen molar-refractivity contribution in [2.45, 2.75) is 13.8 Å². The van der Waals surface area contributed by atoms with Crippen LogP contribution in [-0.4, -0.2) is 10.2 Å². The van der Waals surface area contributed by atoms with Gasteiger partial charge in [0.15, 0.2) is 0 Å². The molecule has 104 valence electrons. The van der Waals surface area contributed by atoms with Crippen LogP contribution in [0, 0.1) is 11.3 Å². The van der Waals surface area contributed by atoms with E-state index >= 15 is 0 Å². The Balaban J connectivity index is 0.000000774. The molecule has 0 unspecified atom stereocenters. The first-order valence-electron chi connectivity index (χ1n) is 6.76. The fourth-order valence-electron chi connectivity index (χ4n) is 1.72. The molecular formula is C17H15N3O. The third-order valence-corrected chi connectivity index (χ3v) is 2.71. The van der Waals surface area contributed by atoms with E-state index in [2.05, 4.69) is 16.3 Å². The predicted molar refractivity (Wildman–Crippen MR) is 81.2 cm³/mol. The van der Waals surface area contributed by atoms with Gasteiger partial charge in [-0.2, -0.15) is 5.26 Å². The quantitative estimate of drug-likeness (QED) is 0.700. The van der Waals surface area contributed by atoms with Crippen molar-refractivity contribution in [1.82, 2.24) is 10.2 Å². The highest BCUT2D eigenvalue weighted by Gasteiger charge is 2.09. The molecule has 0 aliphatic carbocycles. The Labute approximate surface area is 123 Å². The molecular weight excluding hydrogens is 262 g/mol. The number of hydrogen-bond donors (Lipinski definition) is 0. The number of nitrogens with zero attached hydrogens (tertiary/aromatic N) is 3. The number of benzene rings is 2. The van der Waals surface area contributed by atoms with Gasteiger partial charge < -0.3 is 4.42 Å². The van der Waals surface area contributed by atoms with Gasteiger partial charge in [0.1, 0.15) is 0 Å². The second-order valence-electron chi connectivity index (χ2n) is 3.97. The molecule has 0 atom stereocenters. The van der Waals surface area contributed by atoms with Crippen molar-refractivity contribution < 1.29 is 4.42 Å². The van der Waals surface area contributed by atoms with E-state index < -0.39 is 0 Å². The van der Waals surface area contributed by atoms with Crippen LogP contribution in [0.25, 0.3) is 22.9 Å². The fraction of sp³-hybridized carbons (Fsp3) is 0.118. The summed E-state index contributed by atoms with van der Waals surface area (Å²) in [7, 11) is 0. The number of hydrogen-bond acceptors (Lipinski definition) is 4. The first kappa shape index (κ1) is 14.5. The molecule has 0 aliphatic rings. The lowest BCUT2D eigenvalue weighted by Gasteiger charge is -1.95. The molecule has 0 aliphatic heterocycles. The molecule has 0 saturated carbocycles. The van der Waals surface area contributed by atoms with E-state index in [1.165, 1.54) is 0 Å². The zero-order valence-corrected chi connectivity index (χ0v) is 11.9. The Morgan fingerprint density at radius 2 is 1.33 bits per heavy atom. The number of nitriles is 1. The second-order valence-corrected chi connectivity index (χ2v) is 3.97. The molecule has 4 nitrogen and oxygen atoms in total. The van der Waals surface area contributed by atoms with Gasteiger partial charge in [-0.1, -0.05) is 32.0 Å². The third kappa shape index (κ3) is 3.34. The Hall–Kier alpha value is -2.93. The molecule has 4 heteroatoms. The average molecular weight is 277 g/mol. The molecule has 1 aromatic heterocycles. The molecule has 0 N–H and O–H groups in total. The van der Waals surface area contributed by atoms with Gasteiger partial charge in [-0.25, -0.2) is 0 Å². The summed E-state index contributed by atoms with van der Waals surface area (Å²) in [5, 5.41) is 16.8. The molecule has 0 radical (unpaired) electrons. The molecule has 0 saturated heterocycles. The second kappa shape index (κ2) is 7.01. The van der Waals surface area contributed by atoms with Crippen molar-refractivity contribution in [3.8, 4) is 29.0 Å². The van der Waals surface area contributed by atoms with Crippen LogP contribution in [-0.2, 0) is 0 Å². The van der Waals surface area contributed by atoms with Gasteiger partial charge >= 0.3 is 0 Å². The minimum Gasteiger partial charge on any atom is -0.416 e. The lowest BCUT2D eigenvalue weighted by Crippen LogP contribution is -1.78. The predicted octanol–water partition coefficient (Wildman–Crippen LogP) is 4.30. The Kier molecular flexibility index (Phi) is 4.84. The van der Waals surface area contributed by atoms with E-state index in [0.717, 1.165) is 11.1 Å². The highest BCUT2D eigenvalue weighted by atomic mass is 16.4. The van der Waals surface area contributed by atoms with Crippen molar-refractivity contribution in [3.63, 3.8) is 0 Å². The summed E-state index contributed by atoms with van der Waals surface area (Å²) in [5.74, 6) is 0.934. The molecule has 0 spiro atoms. The Morgan fingerprint density at radius 1 is 0.810 bits per heavy atom. The average Bonchev–Trinajstić information content (AvgIpc) is 3.08. The third-order valence-electron chi connectivity index (χ3n) is 2.71. The van der Waals surface area contributed by atoms with Crippen LogP contribution in [0.1, 0.15) is 19.4 Å². The molecule has 0 bridgehead atoms. The fourth-order valence-corrected chi connectivity index (χ4v) is 1.72. The number of aromatic nitrogens is 2. The maximum atomic E-state index is 8.75. The van der Waals surface area contributed by atoms with Gasteiger partial charge in [-0.3, -0.25) is 0 Å². The standard InChI is InChI=1S/C15H9N3O.C2H6/c16-10-11-6-8-13(9-7-11)15-18-17-14(19-15)12-4-2-1-3-5-12;1-2/h1-9H;1-2H3. The van der Waals surface area contributed by atoms with Crippen molar-refractivity contribution >= 4 is 0 Å². The molecule has 21 heavy (non-hydrogen) atoms. The summed E-state index contributed by atoms with van der Waals surface area (Å²) < 4.78 is 5.62. The maximum Gasteiger partial charge on any atom is 0.248 e. The van der Waals surface area contributed by atoms with Crippen LogP contribution >= 0.6 is 0 Å². The largest absolute Gasteiger partial charge is 0.416 e. The van der Waals surface area contributed by atoms with Crippen LogP contribution in [0.2, 0.25) is 0 Å². The van der Waals surface area contributed by atoms with Crippen molar-refractivity contribution in [1.29, 1.82) is 5.26 Å². The normalized spacial score (nSPS) is 9.38. The van der Waals surface area contributed by atoms with Gasteiger partial charge in [0, 0.05) is 11.1 Å². The summed E-state index contributed by atoms with van der Waals surface area (Å²) in [6.45, 7) is 4.00. The first-order chi connectivity index (χ1) is 10.4. The van der Waals surface area contributed by atoms with E-state index in [9.17, 15) is 0 Å². The molecule has 0 fully saturated rings. The van der Waals surface area contributed by atoms with Crippen LogP contribution in [0.5, 0.6) is 0 Å². The van der Waals surface area contributed by atoms with Gasteiger partial charge in [0.25, 0.3) is 0 Å². The lowest BCUT2D eigenvalue weighted by atomic mass is 10.1. The lowest BCUT2D eigenvalue weighted by molar-refractivity contribution is 0.584. The van der Waals surface area contributed by atoms with E-state index in [4.69, 9.17) is 9.68 Å². The van der Waals surface area contributed by atoms with E-state index in [1.807, 2.05) is 44.2 Å². The highest BCUT2D eigenvalue weighted by molar-refractivity contribution is 5.58. The van der Waals surface area contributed by atoms with Gasteiger partial charge in [0.05, 0.1) is 11.6 Å². The molecule has 1 heterocycles. The van der Waals surface area contributed by atoms with Gasteiger partial charge in [-0.15, -0.1) is 10.2 Å². The summed E-state index contributed by atoms with van der Waals surface area (Å²) in [6.07, 6.45) is 0. The minimum atomic E-state index is 0.448. The smallest absolute Gasteiger partial charge is 0.248 e. The van der Waals surface area contributed by atoms with Crippen LogP contribution in [0.15, 0.2) is 59.0 Å². The minimum absolute atomic E-state index is 0.448. The van der Waals surface area contributed by atoms with Gasteiger partial charge in [-0.05, 0) is 36.4 Å². The zero-order chi connectivity index (χ0) is 15.1. The molecule has 3 rings (SSSR count). The van der Waals surface area contributed by atoms with Crippen LogP contribution in [0.3, 0.4) is 0 Å². The van der Waals surface area contributed by atoms with Crippen molar-refractivity contribution in [3.05, 3.63) is 60.2 Å². The molecule has 2 aromatic carbocycles. The van der Waals surface area contributed by atoms with Crippen LogP contribution < -0.4 is 0 Å². The first-order valence-corrected chi connectivity index (χ1v) is 6.76. The van der Waals surface area contributed by atoms with Crippen molar-refractivity contribution in [2.75, 3.05) is 0 Å². The van der Waals surface area contributed by atoms with Gasteiger partial charge in [0.2, 0.25) is 11.8 Å². The SMILES string of the molecule is CC.N#Cc1ccc(-c2nnc(-c3ccccc3)o2)cc1. The maximum absolute atomic E-state index is 8.75. The van der Waals surface area contributed by atoms with E-state index in [-0.39, 0.29) is 0 Å². The summed E-state index contributed by atoms with van der Waals surface area (Å²) in [5.41, 5.74) is 2.29. The number of rotatable bonds is 2. The van der Waals surface area contributed by atoms with Crippen LogP contribution in [0.4, 0.5) is 0 Å². The Morgan fingerprint density at radius 3 is 1.86 bits per heavy atom. The van der Waals surface area contributed by atoms with Crippen molar-refractivity contribution in [2.24, 2.45) is 0 Å². The monoisotopic (exact) mass is 277 g/mol. The highest BCUT2D eigenvalue weighted by Crippen LogP contribution is 2.23. The zero-order valence-electron chi connectivity index (χ0n) is 11.9. The molecule has 0 amide bonds. The summed E-state index contributed by atoms with van der Waals surface area (Å²) >= 11 is 0. The van der Waals surface area contributed by atoms with E-state index in [0.29, 0.717) is 17.3 Å². The summed E-state index contributed by atoms with van der Waals surface area (Å²) in [4.78, 5) is 0. The summed E-state index contributed by atoms with van der Waals surface area (Å²) in [6, 6.07) is 18.7. The Bertz CT molecular complexity index is 725. The molecule has 3 aromatic rings.